The number of methoxy groups -OCH3 is 1. The van der Waals surface area contributed by atoms with E-state index in [1.54, 1.807) is 7.11 Å². The zero-order chi connectivity index (χ0) is 14.6. The second-order valence-electron chi connectivity index (χ2n) is 5.92. The Morgan fingerprint density at radius 1 is 1.42 bits per heavy atom. The van der Waals surface area contributed by atoms with Crippen molar-refractivity contribution in [2.24, 2.45) is 0 Å². The summed E-state index contributed by atoms with van der Waals surface area (Å²) >= 11 is 0. The summed E-state index contributed by atoms with van der Waals surface area (Å²) in [6.45, 7) is 6.97. The Balaban J connectivity index is 2.52. The van der Waals surface area contributed by atoms with Crippen LogP contribution in [0.2, 0.25) is 0 Å². The lowest BCUT2D eigenvalue weighted by atomic mass is 10.1. The van der Waals surface area contributed by atoms with Gasteiger partial charge < -0.3 is 20.1 Å². The first-order valence-corrected chi connectivity index (χ1v) is 6.54. The zero-order valence-electron chi connectivity index (χ0n) is 12.1. The highest BCUT2D eigenvalue weighted by molar-refractivity contribution is 5.84. The molecule has 0 aromatic rings. The van der Waals surface area contributed by atoms with Crippen LogP contribution in [0.1, 0.15) is 33.6 Å². The molecule has 2 unspecified atom stereocenters. The molecule has 110 valence electrons. The van der Waals surface area contributed by atoms with Crippen LogP contribution in [-0.2, 0) is 14.3 Å². The van der Waals surface area contributed by atoms with Gasteiger partial charge in [-0.3, -0.25) is 4.79 Å². The average Bonchev–Trinajstić information content (AvgIpc) is 2.71. The fourth-order valence-electron chi connectivity index (χ4n) is 2.17. The molecule has 1 amide bonds. The fourth-order valence-corrected chi connectivity index (χ4v) is 2.17. The molecule has 1 saturated heterocycles. The molecule has 1 rings (SSSR count). The molecule has 2 N–H and O–H groups in total. The van der Waals surface area contributed by atoms with Gasteiger partial charge in [0.05, 0.1) is 6.10 Å². The number of hydrogen-bond acceptors (Lipinski definition) is 4. The molecule has 19 heavy (non-hydrogen) atoms. The number of amides is 1. The van der Waals surface area contributed by atoms with Gasteiger partial charge in [-0.05, 0) is 20.8 Å². The Hall–Kier alpha value is -1.14. The Labute approximate surface area is 114 Å². The molecule has 0 bridgehead atoms. The molecule has 0 saturated carbocycles. The lowest BCUT2D eigenvalue weighted by Crippen LogP contribution is -2.43. The van der Waals surface area contributed by atoms with Gasteiger partial charge in [-0.15, -0.1) is 0 Å². The number of nitrogens with zero attached hydrogens (tertiary/aromatic N) is 1. The topological polar surface area (TPSA) is 78.9 Å². The number of likely N-dealkylation sites (tertiary alicyclic amines) is 1. The van der Waals surface area contributed by atoms with Crippen molar-refractivity contribution in [2.75, 3.05) is 20.2 Å². The van der Waals surface area contributed by atoms with Crippen molar-refractivity contribution in [2.45, 2.75) is 51.3 Å². The van der Waals surface area contributed by atoms with Gasteiger partial charge >= 0.3 is 5.97 Å². The van der Waals surface area contributed by atoms with Crippen molar-refractivity contribution >= 4 is 11.9 Å². The van der Waals surface area contributed by atoms with Gasteiger partial charge in [0.25, 0.3) is 0 Å². The van der Waals surface area contributed by atoms with E-state index in [0.29, 0.717) is 25.9 Å². The van der Waals surface area contributed by atoms with Crippen molar-refractivity contribution in [1.29, 1.82) is 0 Å². The molecule has 1 aliphatic rings. The average molecular weight is 272 g/mol. The summed E-state index contributed by atoms with van der Waals surface area (Å²) in [5.74, 6) is -1.10. The third-order valence-corrected chi connectivity index (χ3v) is 3.20. The lowest BCUT2D eigenvalue weighted by molar-refractivity contribution is -0.148. The van der Waals surface area contributed by atoms with Crippen molar-refractivity contribution in [3.63, 3.8) is 0 Å². The van der Waals surface area contributed by atoms with Crippen LogP contribution < -0.4 is 5.32 Å². The summed E-state index contributed by atoms with van der Waals surface area (Å²) in [4.78, 5) is 24.6. The van der Waals surface area contributed by atoms with Crippen molar-refractivity contribution in [3.05, 3.63) is 0 Å². The van der Waals surface area contributed by atoms with E-state index in [0.717, 1.165) is 0 Å². The van der Waals surface area contributed by atoms with Crippen LogP contribution in [-0.4, -0.2) is 59.8 Å². The second-order valence-corrected chi connectivity index (χ2v) is 5.92. The van der Waals surface area contributed by atoms with Gasteiger partial charge in [-0.25, -0.2) is 4.79 Å². The number of ether oxygens (including phenoxy) is 1. The summed E-state index contributed by atoms with van der Waals surface area (Å²) in [7, 11) is 1.54. The number of nitrogens with one attached hydrogen (secondary N) is 1. The first kappa shape index (κ1) is 15.9. The van der Waals surface area contributed by atoms with Gasteiger partial charge in [-0.1, -0.05) is 0 Å². The minimum atomic E-state index is -0.961. The molecule has 0 spiro atoms. The molecule has 2 atom stereocenters. The van der Waals surface area contributed by atoms with Crippen molar-refractivity contribution in [1.82, 2.24) is 10.2 Å². The molecule has 0 aromatic heterocycles. The Kier molecular flexibility index (Phi) is 5.31. The van der Waals surface area contributed by atoms with Gasteiger partial charge in [0.1, 0.15) is 6.04 Å². The maximum Gasteiger partial charge on any atom is 0.326 e. The Bertz CT molecular complexity index is 338. The van der Waals surface area contributed by atoms with E-state index in [1.807, 2.05) is 20.8 Å². The first-order chi connectivity index (χ1) is 8.74. The number of hydrogen-bond donors (Lipinski definition) is 2. The summed E-state index contributed by atoms with van der Waals surface area (Å²) in [5.41, 5.74) is -0.0491. The van der Waals surface area contributed by atoms with E-state index in [4.69, 9.17) is 9.84 Å². The molecular weight excluding hydrogens is 248 g/mol. The van der Waals surface area contributed by atoms with Gasteiger partial charge in [0.2, 0.25) is 5.91 Å². The number of carbonyl (C=O) groups excluding carboxylic acids is 1. The van der Waals surface area contributed by atoms with E-state index >= 15 is 0 Å². The predicted molar refractivity (Wildman–Crippen MR) is 70.9 cm³/mol. The first-order valence-electron chi connectivity index (χ1n) is 6.54. The molecular formula is C13H24N2O4. The van der Waals surface area contributed by atoms with Crippen LogP contribution in [0.25, 0.3) is 0 Å². The summed E-state index contributed by atoms with van der Waals surface area (Å²) in [6.07, 6.45) is 0.488. The normalized spacial score (nSPS) is 23.7. The van der Waals surface area contributed by atoms with E-state index in [2.05, 4.69) is 5.32 Å². The van der Waals surface area contributed by atoms with Crippen molar-refractivity contribution in [3.8, 4) is 0 Å². The minimum absolute atomic E-state index is 0.0491. The quantitative estimate of drug-likeness (QED) is 0.760. The molecule has 6 nitrogen and oxygen atoms in total. The minimum Gasteiger partial charge on any atom is -0.480 e. The molecule has 0 radical (unpaired) electrons. The second kappa shape index (κ2) is 6.34. The van der Waals surface area contributed by atoms with Crippen LogP contribution in [0.4, 0.5) is 0 Å². The SMILES string of the molecule is COC1CC(C(=O)O)N(C(=O)CCNC(C)(C)C)C1. The number of aliphatic carboxylic acids is 1. The van der Waals surface area contributed by atoms with Crippen LogP contribution >= 0.6 is 0 Å². The van der Waals surface area contributed by atoms with Gasteiger partial charge in [-0.2, -0.15) is 0 Å². The smallest absolute Gasteiger partial charge is 0.326 e. The lowest BCUT2D eigenvalue weighted by Gasteiger charge is -2.24. The molecule has 1 fully saturated rings. The maximum absolute atomic E-state index is 12.1. The van der Waals surface area contributed by atoms with Gasteiger partial charge in [0.15, 0.2) is 0 Å². The fraction of sp³-hybridized carbons (Fsp3) is 0.846. The van der Waals surface area contributed by atoms with E-state index in [1.165, 1.54) is 4.90 Å². The third kappa shape index (κ3) is 4.80. The number of carboxylic acid groups (broad SMARTS) is 1. The van der Waals surface area contributed by atoms with Gasteiger partial charge in [0, 0.05) is 38.6 Å². The molecule has 1 heterocycles. The maximum atomic E-state index is 12.1. The highest BCUT2D eigenvalue weighted by atomic mass is 16.5. The summed E-state index contributed by atoms with van der Waals surface area (Å²) < 4.78 is 5.16. The summed E-state index contributed by atoms with van der Waals surface area (Å²) in [6, 6.07) is -0.757. The molecule has 1 aliphatic heterocycles. The van der Waals surface area contributed by atoms with E-state index in [9.17, 15) is 9.59 Å². The molecule has 0 aliphatic carbocycles. The third-order valence-electron chi connectivity index (χ3n) is 3.20. The monoisotopic (exact) mass is 272 g/mol. The van der Waals surface area contributed by atoms with Crippen LogP contribution in [0.5, 0.6) is 0 Å². The van der Waals surface area contributed by atoms with Crippen LogP contribution in [0.15, 0.2) is 0 Å². The molecule has 0 aromatic carbocycles. The van der Waals surface area contributed by atoms with Crippen LogP contribution in [0.3, 0.4) is 0 Å². The van der Waals surface area contributed by atoms with Crippen LogP contribution in [0, 0.1) is 0 Å². The number of carboxylic acids is 1. The summed E-state index contributed by atoms with van der Waals surface area (Å²) in [5, 5.41) is 12.4. The standard InChI is InChI=1S/C13H24N2O4/c1-13(2,3)14-6-5-11(16)15-8-9(19-4)7-10(15)12(17)18/h9-10,14H,5-8H2,1-4H3,(H,17,18). The number of rotatable bonds is 5. The highest BCUT2D eigenvalue weighted by Gasteiger charge is 2.39. The zero-order valence-corrected chi connectivity index (χ0v) is 12.1. The van der Waals surface area contributed by atoms with E-state index < -0.39 is 12.0 Å². The van der Waals surface area contributed by atoms with Crippen molar-refractivity contribution < 1.29 is 19.4 Å². The Morgan fingerprint density at radius 2 is 2.05 bits per heavy atom. The molecule has 6 heteroatoms. The highest BCUT2D eigenvalue weighted by Crippen LogP contribution is 2.21. The predicted octanol–water partition coefficient (Wildman–Crippen LogP) is 0.465. The van der Waals surface area contributed by atoms with E-state index in [-0.39, 0.29) is 17.6 Å². The number of carbonyl (C=O) groups is 2. The Morgan fingerprint density at radius 3 is 2.53 bits per heavy atom. The largest absolute Gasteiger partial charge is 0.480 e.